The van der Waals surface area contributed by atoms with Crippen molar-refractivity contribution in [2.75, 3.05) is 0 Å². The summed E-state index contributed by atoms with van der Waals surface area (Å²) >= 11 is 0. The molecule has 1 heterocycles. The number of benzene rings is 1. The molecule has 0 aliphatic carbocycles. The molecular weight excluding hydrogens is 262 g/mol. The van der Waals surface area contributed by atoms with Crippen molar-refractivity contribution in [1.29, 1.82) is 0 Å². The van der Waals surface area contributed by atoms with Crippen molar-refractivity contribution in [3.63, 3.8) is 0 Å². The maximum atomic E-state index is 12.1. The number of ether oxygens (including phenoxy) is 1. The second kappa shape index (κ2) is 7.02. The molecule has 0 aliphatic rings. The largest absolute Gasteiger partial charge is 0.399 e. The fourth-order valence-electron chi connectivity index (χ4n) is 2.22. The summed E-state index contributed by atoms with van der Waals surface area (Å²) in [6.07, 6.45) is 4.65. The molecule has 0 bridgehead atoms. The molecule has 0 spiro atoms. The molecule has 0 radical (unpaired) electrons. The van der Waals surface area contributed by atoms with Gasteiger partial charge in [-0.3, -0.25) is 0 Å². The monoisotopic (exact) mass is 284 g/mol. The topological polar surface area (TPSA) is 30.2 Å². The van der Waals surface area contributed by atoms with E-state index in [1.165, 1.54) is 5.56 Å². The van der Waals surface area contributed by atoms with Crippen LogP contribution in [0.1, 0.15) is 42.9 Å². The molecule has 0 amide bonds. The first-order valence-electron chi connectivity index (χ1n) is 7.32. The zero-order valence-corrected chi connectivity index (χ0v) is 12.8. The molecule has 21 heavy (non-hydrogen) atoms. The SMILES string of the molecule is CC(C)Cc1ccc[n+](C(C)OC(=O)c2ccccc2)c1. The van der Waals surface area contributed by atoms with Crippen molar-refractivity contribution < 1.29 is 14.1 Å². The zero-order chi connectivity index (χ0) is 15.2. The smallest absolute Gasteiger partial charge is 0.343 e. The third kappa shape index (κ3) is 4.42. The molecule has 0 saturated carbocycles. The van der Waals surface area contributed by atoms with Gasteiger partial charge in [0.15, 0.2) is 12.4 Å². The van der Waals surface area contributed by atoms with Gasteiger partial charge in [0.1, 0.15) is 0 Å². The van der Waals surface area contributed by atoms with Crippen LogP contribution in [-0.4, -0.2) is 5.97 Å². The average molecular weight is 284 g/mol. The molecular formula is C18H22NO2+. The van der Waals surface area contributed by atoms with Crippen molar-refractivity contribution >= 4 is 5.97 Å². The van der Waals surface area contributed by atoms with E-state index in [4.69, 9.17) is 4.74 Å². The minimum atomic E-state index is -0.329. The number of aromatic nitrogens is 1. The molecule has 1 unspecified atom stereocenters. The predicted molar refractivity (Wildman–Crippen MR) is 81.7 cm³/mol. The van der Waals surface area contributed by atoms with E-state index in [-0.39, 0.29) is 12.2 Å². The summed E-state index contributed by atoms with van der Waals surface area (Å²) in [5, 5.41) is 0. The highest BCUT2D eigenvalue weighted by Crippen LogP contribution is 2.09. The number of esters is 1. The van der Waals surface area contributed by atoms with Gasteiger partial charge in [-0.25, -0.2) is 4.79 Å². The van der Waals surface area contributed by atoms with E-state index in [9.17, 15) is 4.79 Å². The van der Waals surface area contributed by atoms with Crippen molar-refractivity contribution in [2.24, 2.45) is 5.92 Å². The van der Waals surface area contributed by atoms with Gasteiger partial charge >= 0.3 is 12.2 Å². The van der Waals surface area contributed by atoms with Crippen LogP contribution in [0.5, 0.6) is 0 Å². The molecule has 0 N–H and O–H groups in total. The van der Waals surface area contributed by atoms with Crippen molar-refractivity contribution in [3.05, 3.63) is 66.0 Å². The predicted octanol–water partition coefficient (Wildman–Crippen LogP) is 3.55. The highest BCUT2D eigenvalue weighted by atomic mass is 16.6. The summed E-state index contributed by atoms with van der Waals surface area (Å²) in [5.74, 6) is 0.299. The highest BCUT2D eigenvalue weighted by Gasteiger charge is 2.18. The number of carbonyl (C=O) groups is 1. The van der Waals surface area contributed by atoms with Gasteiger partial charge < -0.3 is 4.74 Å². The fourth-order valence-corrected chi connectivity index (χ4v) is 2.22. The Morgan fingerprint density at radius 3 is 2.48 bits per heavy atom. The summed E-state index contributed by atoms with van der Waals surface area (Å²) in [5.41, 5.74) is 1.82. The number of rotatable bonds is 5. The number of carbonyl (C=O) groups excluding carboxylic acids is 1. The molecule has 1 aromatic heterocycles. The van der Waals surface area contributed by atoms with E-state index >= 15 is 0 Å². The van der Waals surface area contributed by atoms with Crippen LogP contribution >= 0.6 is 0 Å². The van der Waals surface area contributed by atoms with Crippen LogP contribution in [0.2, 0.25) is 0 Å². The van der Waals surface area contributed by atoms with Crippen LogP contribution in [0.4, 0.5) is 0 Å². The average Bonchev–Trinajstić information content (AvgIpc) is 2.47. The standard InChI is InChI=1S/C18H22NO2/c1-14(2)12-16-8-7-11-19(13-16)15(3)21-18(20)17-9-5-4-6-10-17/h4-11,13-15H,12H2,1-3H3/q+1. The van der Waals surface area contributed by atoms with Crippen molar-refractivity contribution in [3.8, 4) is 0 Å². The van der Waals surface area contributed by atoms with Gasteiger partial charge in [-0.2, -0.15) is 4.57 Å². The van der Waals surface area contributed by atoms with Crippen LogP contribution in [0.25, 0.3) is 0 Å². The summed E-state index contributed by atoms with van der Waals surface area (Å²) in [6, 6.07) is 13.1. The highest BCUT2D eigenvalue weighted by molar-refractivity contribution is 5.89. The number of hydrogen-bond acceptors (Lipinski definition) is 2. The first-order valence-corrected chi connectivity index (χ1v) is 7.32. The van der Waals surface area contributed by atoms with Crippen LogP contribution in [0.3, 0.4) is 0 Å². The van der Waals surface area contributed by atoms with Gasteiger partial charge in [-0.05, 0) is 30.5 Å². The van der Waals surface area contributed by atoms with E-state index in [1.807, 2.05) is 48.1 Å². The molecule has 110 valence electrons. The van der Waals surface area contributed by atoms with Gasteiger partial charge in [0, 0.05) is 18.6 Å². The molecule has 2 rings (SSSR count). The number of nitrogens with zero attached hydrogens (tertiary/aromatic N) is 1. The molecule has 0 fully saturated rings. The van der Waals surface area contributed by atoms with E-state index in [2.05, 4.69) is 19.9 Å². The lowest BCUT2D eigenvalue weighted by atomic mass is 10.1. The van der Waals surface area contributed by atoms with Gasteiger partial charge in [-0.15, -0.1) is 0 Å². The minimum absolute atomic E-state index is 0.301. The number of pyridine rings is 1. The van der Waals surface area contributed by atoms with Gasteiger partial charge in [-0.1, -0.05) is 32.0 Å². The molecule has 3 heteroatoms. The van der Waals surface area contributed by atoms with Crippen LogP contribution in [-0.2, 0) is 11.2 Å². The Morgan fingerprint density at radius 2 is 1.81 bits per heavy atom. The lowest BCUT2D eigenvalue weighted by Crippen LogP contribution is -2.40. The van der Waals surface area contributed by atoms with Gasteiger partial charge in [0.25, 0.3) is 0 Å². The summed E-state index contributed by atoms with van der Waals surface area (Å²) in [4.78, 5) is 12.1. The number of hydrogen-bond donors (Lipinski definition) is 0. The molecule has 2 aromatic rings. The first kappa shape index (κ1) is 15.2. The molecule has 0 aliphatic heterocycles. The molecule has 3 nitrogen and oxygen atoms in total. The summed E-state index contributed by atoms with van der Waals surface area (Å²) in [7, 11) is 0. The van der Waals surface area contributed by atoms with E-state index < -0.39 is 0 Å². The maximum Gasteiger partial charge on any atom is 0.343 e. The molecule has 1 atom stereocenters. The Hall–Kier alpha value is -2.16. The Kier molecular flexibility index (Phi) is 5.09. The normalized spacial score (nSPS) is 12.2. The molecule has 1 aromatic carbocycles. The van der Waals surface area contributed by atoms with E-state index in [0.717, 1.165) is 6.42 Å². The lowest BCUT2D eigenvalue weighted by molar-refractivity contribution is -0.753. The Labute approximate surface area is 126 Å². The van der Waals surface area contributed by atoms with E-state index in [0.29, 0.717) is 11.5 Å². The second-order valence-corrected chi connectivity index (χ2v) is 5.63. The van der Waals surface area contributed by atoms with Crippen LogP contribution in [0.15, 0.2) is 54.9 Å². The maximum absolute atomic E-state index is 12.1. The molecule has 0 saturated heterocycles. The second-order valence-electron chi connectivity index (χ2n) is 5.63. The Balaban J connectivity index is 2.06. The fraction of sp³-hybridized carbons (Fsp3) is 0.333. The third-order valence-corrected chi connectivity index (χ3v) is 3.23. The van der Waals surface area contributed by atoms with Gasteiger partial charge in [0.05, 0.1) is 5.56 Å². The van der Waals surface area contributed by atoms with Crippen LogP contribution < -0.4 is 4.57 Å². The van der Waals surface area contributed by atoms with E-state index in [1.54, 1.807) is 12.1 Å². The summed E-state index contributed by atoms with van der Waals surface area (Å²) < 4.78 is 7.44. The minimum Gasteiger partial charge on any atom is -0.399 e. The Morgan fingerprint density at radius 1 is 1.10 bits per heavy atom. The lowest BCUT2D eigenvalue weighted by Gasteiger charge is -2.10. The summed E-state index contributed by atoms with van der Waals surface area (Å²) in [6.45, 7) is 6.26. The first-order chi connectivity index (χ1) is 10.1. The third-order valence-electron chi connectivity index (χ3n) is 3.23. The van der Waals surface area contributed by atoms with Crippen molar-refractivity contribution in [2.45, 2.75) is 33.4 Å². The van der Waals surface area contributed by atoms with Crippen LogP contribution in [0, 0.1) is 5.92 Å². The van der Waals surface area contributed by atoms with Crippen molar-refractivity contribution in [1.82, 2.24) is 0 Å². The Bertz CT molecular complexity index is 593. The quantitative estimate of drug-likeness (QED) is 0.621. The van der Waals surface area contributed by atoms with Gasteiger partial charge in [0.2, 0.25) is 0 Å². The zero-order valence-electron chi connectivity index (χ0n) is 12.8.